The van der Waals surface area contributed by atoms with E-state index >= 15 is 0 Å². The van der Waals surface area contributed by atoms with Crippen molar-refractivity contribution in [2.24, 2.45) is 0 Å². The zero-order valence-corrected chi connectivity index (χ0v) is 22.2. The van der Waals surface area contributed by atoms with Gasteiger partial charge in [-0.05, 0) is 69.4 Å². The lowest BCUT2D eigenvalue weighted by Gasteiger charge is -2.06. The fourth-order valence-electron chi connectivity index (χ4n) is 4.25. The van der Waals surface area contributed by atoms with E-state index in [1.165, 1.54) is 33.4 Å². The molecular formula is C36H22S2. The van der Waals surface area contributed by atoms with Crippen LogP contribution in [-0.2, 0) is 0 Å². The molecule has 0 aliphatic rings. The maximum atomic E-state index is 3.36. The second kappa shape index (κ2) is 11.2. The highest BCUT2D eigenvalue weighted by molar-refractivity contribution is 7.11. The second-order valence-electron chi connectivity index (χ2n) is 8.71. The summed E-state index contributed by atoms with van der Waals surface area (Å²) in [5.74, 6) is 13.3. The van der Waals surface area contributed by atoms with Crippen molar-refractivity contribution >= 4 is 22.7 Å². The molecule has 0 amide bonds. The van der Waals surface area contributed by atoms with Crippen LogP contribution in [0.1, 0.15) is 20.9 Å². The lowest BCUT2D eigenvalue weighted by atomic mass is 9.98. The topological polar surface area (TPSA) is 0 Å². The highest BCUT2D eigenvalue weighted by Crippen LogP contribution is 2.32. The van der Waals surface area contributed by atoms with Crippen molar-refractivity contribution in [3.63, 3.8) is 0 Å². The fourth-order valence-corrected chi connectivity index (χ4v) is 5.78. The highest BCUT2D eigenvalue weighted by Gasteiger charge is 2.08. The summed E-state index contributed by atoms with van der Waals surface area (Å²) >= 11 is 3.37. The van der Waals surface area contributed by atoms with Crippen molar-refractivity contribution in [3.05, 3.63) is 153 Å². The molecule has 2 heterocycles. The van der Waals surface area contributed by atoms with Crippen LogP contribution in [0.4, 0.5) is 0 Å². The Morgan fingerprint density at radius 1 is 0.342 bits per heavy atom. The summed E-state index contributed by atoms with van der Waals surface area (Å²) in [7, 11) is 0. The minimum absolute atomic E-state index is 1.03. The summed E-state index contributed by atoms with van der Waals surface area (Å²) < 4.78 is 0. The summed E-state index contributed by atoms with van der Waals surface area (Å²) in [6.45, 7) is 0. The van der Waals surface area contributed by atoms with Crippen LogP contribution in [0, 0.1) is 23.7 Å². The van der Waals surface area contributed by atoms with Crippen molar-refractivity contribution < 1.29 is 0 Å². The molecule has 0 nitrogen and oxygen atoms in total. The van der Waals surface area contributed by atoms with Gasteiger partial charge in [-0.1, -0.05) is 109 Å². The molecule has 4 aromatic carbocycles. The standard InChI is InChI=1S/C36H22S2/c1-3-7-27(8-4-1)11-21-35-33(23-25-37-35)31-17-13-29(14-18-31)30-15-19-32(20-16-30)34-24-26-38-36(34)22-12-28-9-5-2-6-10-28/h1-10,13-20,23-26H. The van der Waals surface area contributed by atoms with E-state index in [-0.39, 0.29) is 0 Å². The van der Waals surface area contributed by atoms with Gasteiger partial charge in [-0.3, -0.25) is 0 Å². The molecule has 0 saturated carbocycles. The highest BCUT2D eigenvalue weighted by atomic mass is 32.1. The molecule has 38 heavy (non-hydrogen) atoms. The molecule has 0 unspecified atom stereocenters. The van der Waals surface area contributed by atoms with Gasteiger partial charge in [0, 0.05) is 22.3 Å². The molecule has 0 atom stereocenters. The molecule has 2 heteroatoms. The predicted octanol–water partition coefficient (Wildman–Crippen LogP) is 9.61. The summed E-state index contributed by atoms with van der Waals surface area (Å²) in [6, 6.07) is 42.1. The Labute approximate surface area is 231 Å². The normalized spacial score (nSPS) is 10.2. The van der Waals surface area contributed by atoms with E-state index in [9.17, 15) is 0 Å². The monoisotopic (exact) mass is 518 g/mol. The Balaban J connectivity index is 1.21. The lowest BCUT2D eigenvalue weighted by Crippen LogP contribution is -1.83. The quantitative estimate of drug-likeness (QED) is 0.205. The number of rotatable bonds is 3. The Bertz CT molecular complexity index is 1640. The van der Waals surface area contributed by atoms with Crippen LogP contribution in [0.2, 0.25) is 0 Å². The summed E-state index contributed by atoms with van der Waals surface area (Å²) in [5.41, 5.74) is 9.19. The van der Waals surface area contributed by atoms with E-state index in [0.29, 0.717) is 0 Å². The molecule has 0 saturated heterocycles. The minimum Gasteiger partial charge on any atom is -0.135 e. The Hall–Kier alpha value is -4.60. The molecule has 0 spiro atoms. The number of hydrogen-bond donors (Lipinski definition) is 0. The predicted molar refractivity (Wildman–Crippen MR) is 163 cm³/mol. The molecule has 0 N–H and O–H groups in total. The molecule has 6 rings (SSSR count). The van der Waals surface area contributed by atoms with Crippen LogP contribution >= 0.6 is 22.7 Å². The van der Waals surface area contributed by atoms with Crippen molar-refractivity contribution in [1.82, 2.24) is 0 Å². The zero-order chi connectivity index (χ0) is 25.6. The Kier molecular flexibility index (Phi) is 7.01. The first-order valence-electron chi connectivity index (χ1n) is 12.3. The molecule has 0 aliphatic carbocycles. The smallest absolute Gasteiger partial charge is 0.0850 e. The van der Waals surface area contributed by atoms with Gasteiger partial charge < -0.3 is 0 Å². The minimum atomic E-state index is 1.03. The van der Waals surface area contributed by atoms with Crippen molar-refractivity contribution in [1.29, 1.82) is 0 Å². The summed E-state index contributed by atoms with van der Waals surface area (Å²) in [4.78, 5) is 2.18. The van der Waals surface area contributed by atoms with Crippen LogP contribution in [0.3, 0.4) is 0 Å². The van der Waals surface area contributed by atoms with E-state index in [4.69, 9.17) is 0 Å². The van der Waals surface area contributed by atoms with Gasteiger partial charge in [-0.25, -0.2) is 0 Å². The van der Waals surface area contributed by atoms with E-state index in [1.807, 2.05) is 60.7 Å². The summed E-state index contributed by atoms with van der Waals surface area (Å²) in [6.07, 6.45) is 0. The molecule has 0 radical (unpaired) electrons. The third-order valence-corrected chi connectivity index (χ3v) is 7.90. The number of thiophene rings is 2. The van der Waals surface area contributed by atoms with Gasteiger partial charge in [0.2, 0.25) is 0 Å². The fraction of sp³-hybridized carbons (Fsp3) is 0. The average Bonchev–Trinajstić information content (AvgIpc) is 3.66. The molecule has 0 aliphatic heterocycles. The van der Waals surface area contributed by atoms with Gasteiger partial charge >= 0.3 is 0 Å². The maximum Gasteiger partial charge on any atom is 0.0850 e. The molecule has 178 valence electrons. The van der Waals surface area contributed by atoms with Gasteiger partial charge in [-0.15, -0.1) is 22.7 Å². The van der Waals surface area contributed by atoms with Crippen LogP contribution in [0.5, 0.6) is 0 Å². The van der Waals surface area contributed by atoms with Crippen molar-refractivity contribution in [2.75, 3.05) is 0 Å². The lowest BCUT2D eigenvalue weighted by molar-refractivity contribution is 1.59. The third kappa shape index (κ3) is 5.39. The Morgan fingerprint density at radius 2 is 0.711 bits per heavy atom. The molecule has 2 aromatic heterocycles. The number of benzene rings is 4. The zero-order valence-electron chi connectivity index (χ0n) is 20.5. The van der Waals surface area contributed by atoms with Crippen LogP contribution in [0.15, 0.2) is 132 Å². The van der Waals surface area contributed by atoms with E-state index < -0.39 is 0 Å². The van der Waals surface area contributed by atoms with Crippen LogP contribution in [-0.4, -0.2) is 0 Å². The van der Waals surface area contributed by atoms with Crippen molar-refractivity contribution in [3.8, 4) is 57.1 Å². The molecule has 0 fully saturated rings. The average molecular weight is 519 g/mol. The third-order valence-electron chi connectivity index (χ3n) is 6.24. The van der Waals surface area contributed by atoms with E-state index in [2.05, 4.69) is 95.1 Å². The van der Waals surface area contributed by atoms with Crippen molar-refractivity contribution in [2.45, 2.75) is 0 Å². The Morgan fingerprint density at radius 3 is 1.11 bits per heavy atom. The van der Waals surface area contributed by atoms with Gasteiger partial charge in [0.05, 0.1) is 9.75 Å². The largest absolute Gasteiger partial charge is 0.135 e. The van der Waals surface area contributed by atoms with Crippen LogP contribution < -0.4 is 0 Å². The molecule has 6 aromatic rings. The van der Waals surface area contributed by atoms with Gasteiger partial charge in [0.15, 0.2) is 0 Å². The SMILES string of the molecule is C(#Cc1sccc1-c1ccc(-c2ccc(-c3ccsc3C#Cc3ccccc3)cc2)cc1)c1ccccc1. The summed E-state index contributed by atoms with van der Waals surface area (Å²) in [5, 5.41) is 4.22. The van der Waals surface area contributed by atoms with Gasteiger partial charge in [0.25, 0.3) is 0 Å². The first-order valence-corrected chi connectivity index (χ1v) is 14.1. The van der Waals surface area contributed by atoms with Gasteiger partial charge in [0.1, 0.15) is 0 Å². The number of hydrogen-bond acceptors (Lipinski definition) is 2. The maximum absolute atomic E-state index is 3.36. The first kappa shape index (κ1) is 23.8. The molecular weight excluding hydrogens is 497 g/mol. The van der Waals surface area contributed by atoms with Crippen LogP contribution in [0.25, 0.3) is 33.4 Å². The first-order chi connectivity index (χ1) is 18.8. The van der Waals surface area contributed by atoms with E-state index in [1.54, 1.807) is 22.7 Å². The second-order valence-corrected chi connectivity index (χ2v) is 10.5. The van der Waals surface area contributed by atoms with E-state index in [0.717, 1.165) is 20.9 Å². The van der Waals surface area contributed by atoms with Gasteiger partial charge in [-0.2, -0.15) is 0 Å². The molecule has 0 bridgehead atoms.